The zero-order valence-electron chi connectivity index (χ0n) is 13.2. The number of hydrazone groups is 1. The first-order valence-corrected chi connectivity index (χ1v) is 7.71. The van der Waals surface area contributed by atoms with Crippen LogP contribution < -0.4 is 0 Å². The molecule has 0 radical (unpaired) electrons. The summed E-state index contributed by atoms with van der Waals surface area (Å²) in [5.74, 6) is -2.94. The first-order valence-electron chi connectivity index (χ1n) is 7.71. The van der Waals surface area contributed by atoms with Gasteiger partial charge in [0, 0.05) is 11.1 Å². The lowest BCUT2D eigenvalue weighted by Gasteiger charge is -2.11. The van der Waals surface area contributed by atoms with Crippen LogP contribution in [0.15, 0.2) is 53.6 Å². The molecule has 0 saturated heterocycles. The largest absolute Gasteiger partial charge is 0.293 e. The number of hydrogen-bond acceptors (Lipinski definition) is 5. The summed E-state index contributed by atoms with van der Waals surface area (Å²) in [5.41, 5.74) is 1.33. The van der Waals surface area contributed by atoms with E-state index in [-0.39, 0.29) is 28.4 Å². The Bertz CT molecular complexity index is 936. The number of amides is 2. The standard InChI is InChI=1S/C19H12N2O4/c1-10(15-16(22)11-6-2-3-7-12(11)17(15)23)20-21-18(24)13-8-4-5-9-14(13)19(21)25/h2-9,15H,1H3. The average molecular weight is 332 g/mol. The van der Waals surface area contributed by atoms with Crippen molar-refractivity contribution in [3.05, 3.63) is 70.8 Å². The minimum atomic E-state index is -1.10. The van der Waals surface area contributed by atoms with E-state index in [2.05, 4.69) is 5.10 Å². The number of carbonyl (C=O) groups is 4. The number of nitrogens with zero attached hydrogens (tertiary/aromatic N) is 2. The second-order valence-electron chi connectivity index (χ2n) is 5.92. The predicted molar refractivity (Wildman–Crippen MR) is 88.6 cm³/mol. The van der Waals surface area contributed by atoms with E-state index in [1.165, 1.54) is 6.92 Å². The van der Waals surface area contributed by atoms with Crippen LogP contribution in [0.4, 0.5) is 0 Å². The van der Waals surface area contributed by atoms with Crippen molar-refractivity contribution >= 4 is 29.1 Å². The summed E-state index contributed by atoms with van der Waals surface area (Å²) >= 11 is 0. The van der Waals surface area contributed by atoms with E-state index in [0.717, 1.165) is 5.01 Å². The molecule has 2 aromatic carbocycles. The normalized spacial score (nSPS) is 17.3. The van der Waals surface area contributed by atoms with Crippen LogP contribution in [0.2, 0.25) is 0 Å². The van der Waals surface area contributed by atoms with Crippen molar-refractivity contribution in [1.82, 2.24) is 5.01 Å². The molecule has 6 heteroatoms. The third-order valence-electron chi connectivity index (χ3n) is 4.43. The Morgan fingerprint density at radius 2 is 1.16 bits per heavy atom. The highest BCUT2D eigenvalue weighted by atomic mass is 16.2. The second-order valence-corrected chi connectivity index (χ2v) is 5.92. The maximum atomic E-state index is 12.5. The summed E-state index contributed by atoms with van der Waals surface area (Å²) in [7, 11) is 0. The van der Waals surface area contributed by atoms with Crippen molar-refractivity contribution in [2.24, 2.45) is 11.0 Å². The number of rotatable bonds is 2. The first kappa shape index (κ1) is 15.1. The highest BCUT2D eigenvalue weighted by Crippen LogP contribution is 2.29. The molecular formula is C19H12N2O4. The van der Waals surface area contributed by atoms with E-state index in [0.29, 0.717) is 11.1 Å². The molecular weight excluding hydrogens is 320 g/mol. The van der Waals surface area contributed by atoms with Gasteiger partial charge in [-0.25, -0.2) is 0 Å². The van der Waals surface area contributed by atoms with Crippen LogP contribution >= 0.6 is 0 Å². The molecule has 0 fully saturated rings. The van der Waals surface area contributed by atoms with Gasteiger partial charge in [0.25, 0.3) is 11.8 Å². The van der Waals surface area contributed by atoms with Crippen LogP contribution in [0.1, 0.15) is 48.4 Å². The van der Waals surface area contributed by atoms with Crippen molar-refractivity contribution in [2.45, 2.75) is 6.92 Å². The lowest BCUT2D eigenvalue weighted by Crippen LogP contribution is -2.30. The number of imide groups is 1. The van der Waals surface area contributed by atoms with Gasteiger partial charge >= 0.3 is 0 Å². The smallest absolute Gasteiger partial charge is 0.282 e. The van der Waals surface area contributed by atoms with E-state index in [1.807, 2.05) is 0 Å². The number of carbonyl (C=O) groups excluding carboxylic acids is 4. The SMILES string of the molecule is CC(=NN1C(=O)c2ccccc2C1=O)C1C(=O)c2ccccc2C1=O. The molecule has 1 aliphatic carbocycles. The maximum absolute atomic E-state index is 12.5. The summed E-state index contributed by atoms with van der Waals surface area (Å²) in [6.45, 7) is 1.48. The predicted octanol–water partition coefficient (Wildman–Crippen LogP) is 2.35. The fourth-order valence-electron chi connectivity index (χ4n) is 3.21. The molecule has 2 aromatic rings. The molecule has 0 spiro atoms. The van der Waals surface area contributed by atoms with Crippen molar-refractivity contribution in [3.63, 3.8) is 0 Å². The monoisotopic (exact) mass is 332 g/mol. The van der Waals surface area contributed by atoms with Crippen LogP contribution in [0.3, 0.4) is 0 Å². The maximum Gasteiger partial charge on any atom is 0.282 e. The first-order chi connectivity index (χ1) is 12.0. The van der Waals surface area contributed by atoms with Crippen LogP contribution in [0.25, 0.3) is 0 Å². The van der Waals surface area contributed by atoms with Crippen molar-refractivity contribution in [2.75, 3.05) is 0 Å². The van der Waals surface area contributed by atoms with Crippen molar-refractivity contribution < 1.29 is 19.2 Å². The van der Waals surface area contributed by atoms with Gasteiger partial charge in [-0.15, -0.1) is 0 Å². The lowest BCUT2D eigenvalue weighted by molar-refractivity contribution is 0.0653. The minimum Gasteiger partial charge on any atom is -0.293 e. The highest BCUT2D eigenvalue weighted by Gasteiger charge is 2.42. The second kappa shape index (κ2) is 5.31. The number of hydrogen-bond donors (Lipinski definition) is 0. The van der Waals surface area contributed by atoms with Gasteiger partial charge in [0.05, 0.1) is 16.8 Å². The Kier molecular flexibility index (Phi) is 3.21. The van der Waals surface area contributed by atoms with Gasteiger partial charge in [-0.2, -0.15) is 10.1 Å². The molecule has 0 saturated carbocycles. The Morgan fingerprint density at radius 1 is 0.760 bits per heavy atom. The number of Topliss-reactive ketones (excluding diaryl/α,β-unsaturated/α-hetero) is 2. The Hall–Kier alpha value is -3.41. The molecule has 0 atom stereocenters. The van der Waals surface area contributed by atoms with Crippen molar-refractivity contribution in [3.8, 4) is 0 Å². The van der Waals surface area contributed by atoms with Crippen LogP contribution in [0, 0.1) is 5.92 Å². The number of fused-ring (bicyclic) bond motifs is 2. The lowest BCUT2D eigenvalue weighted by atomic mass is 9.99. The van der Waals surface area contributed by atoms with Crippen LogP contribution in [-0.4, -0.2) is 34.1 Å². The summed E-state index contributed by atoms with van der Waals surface area (Å²) in [6, 6.07) is 12.9. The van der Waals surface area contributed by atoms with E-state index in [9.17, 15) is 19.2 Å². The average Bonchev–Trinajstić information content (AvgIpc) is 3.02. The number of benzene rings is 2. The molecule has 2 aliphatic rings. The van der Waals surface area contributed by atoms with Crippen LogP contribution in [0.5, 0.6) is 0 Å². The molecule has 0 unspecified atom stereocenters. The zero-order chi connectivity index (χ0) is 17.7. The van der Waals surface area contributed by atoms with Crippen LogP contribution in [-0.2, 0) is 0 Å². The molecule has 25 heavy (non-hydrogen) atoms. The van der Waals surface area contributed by atoms with Gasteiger partial charge in [-0.3, -0.25) is 19.2 Å². The minimum absolute atomic E-state index is 0.126. The van der Waals surface area contributed by atoms with E-state index in [4.69, 9.17) is 0 Å². The Morgan fingerprint density at radius 3 is 1.60 bits per heavy atom. The molecule has 0 aromatic heterocycles. The van der Waals surface area contributed by atoms with E-state index in [1.54, 1.807) is 48.5 Å². The van der Waals surface area contributed by atoms with Gasteiger partial charge in [-0.1, -0.05) is 36.4 Å². The Balaban J connectivity index is 1.70. The summed E-state index contributed by atoms with van der Waals surface area (Å²) in [4.78, 5) is 49.8. The molecule has 122 valence electrons. The number of ketones is 2. The molecule has 1 heterocycles. The fraction of sp³-hybridized carbons (Fsp3) is 0.105. The fourth-order valence-corrected chi connectivity index (χ4v) is 3.21. The molecule has 6 nitrogen and oxygen atoms in total. The van der Waals surface area contributed by atoms with Gasteiger partial charge < -0.3 is 0 Å². The molecule has 0 N–H and O–H groups in total. The Labute approximate surface area is 142 Å². The summed E-state index contributed by atoms with van der Waals surface area (Å²) < 4.78 is 0. The van der Waals surface area contributed by atoms with Gasteiger partial charge in [-0.05, 0) is 19.1 Å². The van der Waals surface area contributed by atoms with Gasteiger partial charge in [0.2, 0.25) is 0 Å². The molecule has 0 bridgehead atoms. The topological polar surface area (TPSA) is 83.9 Å². The van der Waals surface area contributed by atoms with Crippen molar-refractivity contribution in [1.29, 1.82) is 0 Å². The van der Waals surface area contributed by atoms with E-state index >= 15 is 0 Å². The quantitative estimate of drug-likeness (QED) is 0.480. The molecule has 1 aliphatic heterocycles. The third kappa shape index (κ3) is 2.07. The summed E-state index contributed by atoms with van der Waals surface area (Å²) in [6.07, 6.45) is 0. The van der Waals surface area contributed by atoms with E-state index < -0.39 is 17.7 Å². The molecule has 2 amide bonds. The molecule has 4 rings (SSSR count). The van der Waals surface area contributed by atoms with Gasteiger partial charge in [0.1, 0.15) is 5.92 Å². The summed E-state index contributed by atoms with van der Waals surface area (Å²) in [5, 5.41) is 4.75. The highest BCUT2D eigenvalue weighted by molar-refractivity contribution is 6.36. The third-order valence-corrected chi connectivity index (χ3v) is 4.43. The zero-order valence-corrected chi connectivity index (χ0v) is 13.2. The van der Waals surface area contributed by atoms with Gasteiger partial charge in [0.15, 0.2) is 11.6 Å².